The Labute approximate surface area is 110 Å². The van der Waals surface area contributed by atoms with E-state index in [-0.39, 0.29) is 17.3 Å². The lowest BCUT2D eigenvalue weighted by atomic mass is 10.3. The molecule has 0 saturated heterocycles. The minimum atomic E-state index is -3.75. The number of nitrogens with one attached hydrogen (secondary N) is 2. The Kier molecular flexibility index (Phi) is 5.02. The molecule has 0 bridgehead atoms. The smallest absolute Gasteiger partial charge is 0.240 e. The van der Waals surface area contributed by atoms with Gasteiger partial charge in [-0.15, -0.1) is 0 Å². The van der Waals surface area contributed by atoms with Gasteiger partial charge in [-0.1, -0.05) is 0 Å². The lowest BCUT2D eigenvalue weighted by Crippen LogP contribution is -2.31. The van der Waals surface area contributed by atoms with Gasteiger partial charge in [-0.05, 0) is 24.3 Å². The zero-order chi connectivity index (χ0) is 14.5. The van der Waals surface area contributed by atoms with Gasteiger partial charge in [-0.25, -0.2) is 13.1 Å². The molecule has 0 heterocycles. The molecule has 8 heteroatoms. The number of carbonyl (C=O) groups excluding carboxylic acids is 2. The van der Waals surface area contributed by atoms with Crippen LogP contribution in [0.4, 0.5) is 5.69 Å². The first-order valence-corrected chi connectivity index (χ1v) is 6.87. The van der Waals surface area contributed by atoms with E-state index in [1.165, 1.54) is 31.2 Å². The van der Waals surface area contributed by atoms with Crippen LogP contribution in [-0.2, 0) is 19.6 Å². The lowest BCUT2D eigenvalue weighted by Gasteiger charge is -2.08. The number of hydrogen-bond acceptors (Lipinski definition) is 5. The highest BCUT2D eigenvalue weighted by molar-refractivity contribution is 7.89. The molecule has 1 rings (SSSR count). The standard InChI is InChI=1S/C11H14N2O5S/c1-8(14)13-9-2-4-10(5-3-9)19(17,18)12-7-6-11(15)16/h2-5,12H,6-7H2,1H3,(H,13,14)(H,15,16)/p-1. The number of carboxylic acid groups (broad SMARTS) is 1. The van der Waals surface area contributed by atoms with Crippen molar-refractivity contribution in [3.63, 3.8) is 0 Å². The minimum absolute atomic E-state index is 0.0139. The van der Waals surface area contributed by atoms with Crippen LogP contribution in [0.5, 0.6) is 0 Å². The zero-order valence-electron chi connectivity index (χ0n) is 10.2. The Morgan fingerprint density at radius 1 is 1.21 bits per heavy atom. The van der Waals surface area contributed by atoms with Crippen LogP contribution in [0.2, 0.25) is 0 Å². The molecule has 0 aliphatic heterocycles. The predicted octanol–water partition coefficient (Wildman–Crippen LogP) is -0.937. The Bertz CT molecular complexity index is 565. The number of sulfonamides is 1. The van der Waals surface area contributed by atoms with Gasteiger partial charge in [0.2, 0.25) is 15.9 Å². The van der Waals surface area contributed by atoms with Gasteiger partial charge in [0, 0.05) is 31.5 Å². The summed E-state index contributed by atoms with van der Waals surface area (Å²) in [6, 6.07) is 5.50. The molecule has 7 nitrogen and oxygen atoms in total. The number of carbonyl (C=O) groups is 2. The molecule has 0 atom stereocenters. The second kappa shape index (κ2) is 6.30. The topological polar surface area (TPSA) is 115 Å². The molecule has 0 spiro atoms. The molecular formula is C11H13N2O5S-. The minimum Gasteiger partial charge on any atom is -0.550 e. The highest BCUT2D eigenvalue weighted by Crippen LogP contribution is 2.13. The van der Waals surface area contributed by atoms with Gasteiger partial charge < -0.3 is 15.2 Å². The molecule has 2 N–H and O–H groups in total. The van der Waals surface area contributed by atoms with Crippen molar-refractivity contribution >= 4 is 27.6 Å². The quantitative estimate of drug-likeness (QED) is 0.700. The zero-order valence-corrected chi connectivity index (χ0v) is 11.0. The summed E-state index contributed by atoms with van der Waals surface area (Å²) in [5.41, 5.74) is 0.473. The maximum absolute atomic E-state index is 11.7. The molecule has 1 aromatic rings. The van der Waals surface area contributed by atoms with Crippen LogP contribution in [0, 0.1) is 0 Å². The molecule has 1 amide bonds. The summed E-state index contributed by atoms with van der Waals surface area (Å²) in [5.74, 6) is -1.59. The maximum Gasteiger partial charge on any atom is 0.240 e. The van der Waals surface area contributed by atoms with Crippen LogP contribution in [0.3, 0.4) is 0 Å². The summed E-state index contributed by atoms with van der Waals surface area (Å²) in [7, 11) is -3.75. The van der Waals surface area contributed by atoms with Gasteiger partial charge >= 0.3 is 0 Å². The molecular weight excluding hydrogens is 272 g/mol. The van der Waals surface area contributed by atoms with E-state index in [1.54, 1.807) is 0 Å². The summed E-state index contributed by atoms with van der Waals surface area (Å²) >= 11 is 0. The third-order valence-electron chi connectivity index (χ3n) is 2.11. The number of carboxylic acids is 1. The average Bonchev–Trinajstić information content (AvgIpc) is 2.28. The van der Waals surface area contributed by atoms with Crippen LogP contribution in [0.15, 0.2) is 29.2 Å². The van der Waals surface area contributed by atoms with E-state index in [4.69, 9.17) is 0 Å². The van der Waals surface area contributed by atoms with E-state index < -0.39 is 22.4 Å². The first-order valence-electron chi connectivity index (χ1n) is 5.38. The van der Waals surface area contributed by atoms with Crippen molar-refractivity contribution in [3.8, 4) is 0 Å². The first kappa shape index (κ1) is 15.1. The van der Waals surface area contributed by atoms with Crippen LogP contribution >= 0.6 is 0 Å². The van der Waals surface area contributed by atoms with Gasteiger partial charge in [0.05, 0.1) is 4.90 Å². The first-order chi connectivity index (χ1) is 8.81. The number of anilines is 1. The molecule has 19 heavy (non-hydrogen) atoms. The van der Waals surface area contributed by atoms with E-state index in [0.29, 0.717) is 5.69 Å². The van der Waals surface area contributed by atoms with Crippen molar-refractivity contribution in [2.75, 3.05) is 11.9 Å². The monoisotopic (exact) mass is 285 g/mol. The van der Waals surface area contributed by atoms with Crippen LogP contribution in [0.25, 0.3) is 0 Å². The predicted molar refractivity (Wildman–Crippen MR) is 65.6 cm³/mol. The normalized spacial score (nSPS) is 11.0. The largest absolute Gasteiger partial charge is 0.550 e. The number of rotatable bonds is 6. The van der Waals surface area contributed by atoms with Crippen LogP contribution in [0.1, 0.15) is 13.3 Å². The summed E-state index contributed by atoms with van der Waals surface area (Å²) in [6.07, 6.45) is -0.400. The molecule has 0 fully saturated rings. The molecule has 0 aromatic heterocycles. The Morgan fingerprint density at radius 3 is 2.26 bits per heavy atom. The number of benzene rings is 1. The van der Waals surface area contributed by atoms with E-state index in [2.05, 4.69) is 10.0 Å². The van der Waals surface area contributed by atoms with Gasteiger partial charge in [0.15, 0.2) is 0 Å². The second-order valence-corrected chi connectivity index (χ2v) is 5.49. The van der Waals surface area contributed by atoms with Gasteiger partial charge in [-0.2, -0.15) is 0 Å². The summed E-state index contributed by atoms with van der Waals surface area (Å²) in [4.78, 5) is 21.0. The Balaban J connectivity index is 2.73. The fraction of sp³-hybridized carbons (Fsp3) is 0.273. The number of aliphatic carboxylic acids is 1. The van der Waals surface area contributed by atoms with E-state index in [1.807, 2.05) is 0 Å². The van der Waals surface area contributed by atoms with Crippen molar-refractivity contribution in [2.45, 2.75) is 18.2 Å². The van der Waals surface area contributed by atoms with Gasteiger partial charge in [-0.3, -0.25) is 4.79 Å². The molecule has 0 aliphatic rings. The van der Waals surface area contributed by atoms with Crippen molar-refractivity contribution < 1.29 is 23.1 Å². The third-order valence-corrected chi connectivity index (χ3v) is 3.58. The van der Waals surface area contributed by atoms with Gasteiger partial charge in [0.25, 0.3) is 0 Å². The third kappa shape index (κ3) is 5.06. The van der Waals surface area contributed by atoms with Crippen molar-refractivity contribution in [3.05, 3.63) is 24.3 Å². The summed E-state index contributed by atoms with van der Waals surface area (Å²) < 4.78 is 25.6. The van der Waals surface area contributed by atoms with Crippen molar-refractivity contribution in [1.29, 1.82) is 0 Å². The van der Waals surface area contributed by atoms with E-state index in [9.17, 15) is 23.1 Å². The lowest BCUT2D eigenvalue weighted by molar-refractivity contribution is -0.305. The van der Waals surface area contributed by atoms with E-state index >= 15 is 0 Å². The van der Waals surface area contributed by atoms with Crippen LogP contribution < -0.4 is 15.1 Å². The Morgan fingerprint density at radius 2 is 1.79 bits per heavy atom. The fourth-order valence-electron chi connectivity index (χ4n) is 1.29. The SMILES string of the molecule is CC(=O)Nc1ccc(S(=O)(=O)NCCC(=O)[O-])cc1. The highest BCUT2D eigenvalue weighted by atomic mass is 32.2. The Hall–Kier alpha value is -1.93. The molecule has 0 saturated carbocycles. The van der Waals surface area contributed by atoms with Crippen molar-refractivity contribution in [1.82, 2.24) is 4.72 Å². The molecule has 104 valence electrons. The number of hydrogen-bond donors (Lipinski definition) is 2. The summed E-state index contributed by atoms with van der Waals surface area (Å²) in [5, 5.41) is 12.7. The molecule has 0 aliphatic carbocycles. The second-order valence-electron chi connectivity index (χ2n) is 3.73. The summed E-state index contributed by atoms with van der Waals surface area (Å²) in [6.45, 7) is 1.10. The van der Waals surface area contributed by atoms with Crippen LogP contribution in [-0.4, -0.2) is 26.8 Å². The number of amides is 1. The highest BCUT2D eigenvalue weighted by Gasteiger charge is 2.12. The maximum atomic E-state index is 11.7. The van der Waals surface area contributed by atoms with Crippen molar-refractivity contribution in [2.24, 2.45) is 0 Å². The molecule has 0 unspecified atom stereocenters. The van der Waals surface area contributed by atoms with E-state index in [0.717, 1.165) is 0 Å². The molecule has 1 aromatic carbocycles. The molecule has 0 radical (unpaired) electrons. The average molecular weight is 285 g/mol. The fourth-order valence-corrected chi connectivity index (χ4v) is 2.32. The van der Waals surface area contributed by atoms with Gasteiger partial charge in [0.1, 0.15) is 0 Å².